The summed E-state index contributed by atoms with van der Waals surface area (Å²) in [5.74, 6) is -0.256. The largest absolute Gasteiger partial charge is 0.474 e. The van der Waals surface area contributed by atoms with Crippen molar-refractivity contribution in [3.8, 4) is 5.88 Å². The van der Waals surface area contributed by atoms with E-state index in [0.29, 0.717) is 30.3 Å². The van der Waals surface area contributed by atoms with E-state index in [1.54, 1.807) is 17.0 Å². The Morgan fingerprint density at radius 2 is 2.25 bits per heavy atom. The molecule has 0 N–H and O–H groups in total. The van der Waals surface area contributed by atoms with E-state index in [2.05, 4.69) is 9.72 Å². The molecule has 0 fully saturated rings. The van der Waals surface area contributed by atoms with Crippen molar-refractivity contribution in [2.24, 2.45) is 0 Å². The number of alkyl halides is 3. The molecule has 5 nitrogen and oxygen atoms in total. The number of carbonyl (C=O) groups is 1. The summed E-state index contributed by atoms with van der Waals surface area (Å²) in [7, 11) is 1.30. The Labute approximate surface area is 139 Å². The third-order valence-electron chi connectivity index (χ3n) is 3.50. The Kier molecular flexibility index (Phi) is 4.35. The topological polar surface area (TPSA) is 51.7 Å². The molecule has 0 aliphatic carbocycles. The van der Waals surface area contributed by atoms with Crippen molar-refractivity contribution >= 4 is 23.0 Å². The summed E-state index contributed by atoms with van der Waals surface area (Å²) in [5, 5.41) is 0. The lowest BCUT2D eigenvalue weighted by Crippen LogP contribution is -2.32. The zero-order valence-electron chi connectivity index (χ0n) is 12.6. The fraction of sp³-hybridized carbons (Fsp3) is 0.333. The van der Waals surface area contributed by atoms with Crippen LogP contribution in [0.25, 0.3) is 0 Å². The number of fused-ring (bicyclic) bond motifs is 1. The Bertz CT molecular complexity index is 761. The number of methoxy groups -OCH3 is 1. The monoisotopic (exact) mass is 358 g/mol. The van der Waals surface area contributed by atoms with Crippen LogP contribution in [0.15, 0.2) is 24.4 Å². The molecule has 0 amide bonds. The minimum Gasteiger partial charge on any atom is -0.474 e. The molecule has 9 heteroatoms. The number of hydrogen-bond donors (Lipinski definition) is 0. The highest BCUT2D eigenvalue weighted by Crippen LogP contribution is 2.37. The van der Waals surface area contributed by atoms with Gasteiger partial charge in [-0.05, 0) is 18.2 Å². The molecule has 1 aliphatic rings. The molecule has 0 bridgehead atoms. The maximum absolute atomic E-state index is 12.9. The van der Waals surface area contributed by atoms with E-state index in [4.69, 9.17) is 4.74 Å². The van der Waals surface area contributed by atoms with Crippen LogP contribution < -0.4 is 9.64 Å². The predicted octanol–water partition coefficient (Wildman–Crippen LogP) is 3.35. The van der Waals surface area contributed by atoms with Gasteiger partial charge in [0.1, 0.15) is 17.2 Å². The first kappa shape index (κ1) is 16.6. The highest BCUT2D eigenvalue weighted by molar-refractivity contribution is 7.13. The predicted molar refractivity (Wildman–Crippen MR) is 81.4 cm³/mol. The first-order valence-corrected chi connectivity index (χ1v) is 7.82. The van der Waals surface area contributed by atoms with Gasteiger partial charge in [-0.1, -0.05) is 0 Å². The van der Waals surface area contributed by atoms with E-state index < -0.39 is 17.7 Å². The average molecular weight is 358 g/mol. The molecule has 128 valence electrons. The minimum absolute atomic E-state index is 0.180. The number of esters is 1. The highest BCUT2D eigenvalue weighted by atomic mass is 32.1. The van der Waals surface area contributed by atoms with Crippen LogP contribution in [0.2, 0.25) is 0 Å². The number of hydrogen-bond acceptors (Lipinski definition) is 6. The SMILES string of the molecule is COC(=O)c1ccc(CN2CCOc3ncc(C(F)(F)F)cc32)s1. The van der Waals surface area contributed by atoms with Crippen molar-refractivity contribution in [2.75, 3.05) is 25.2 Å². The standard InChI is InChI=1S/C15H13F3N2O3S/c1-22-14(21)12-3-2-10(24-12)8-20-4-5-23-13-11(20)6-9(7-19-13)15(16,17)18/h2-3,6-7H,4-5,8H2,1H3. The van der Waals surface area contributed by atoms with Crippen LogP contribution in [0.4, 0.5) is 18.9 Å². The van der Waals surface area contributed by atoms with Crippen LogP contribution in [-0.4, -0.2) is 31.2 Å². The van der Waals surface area contributed by atoms with Gasteiger partial charge in [-0.15, -0.1) is 11.3 Å². The minimum atomic E-state index is -4.47. The van der Waals surface area contributed by atoms with E-state index in [1.807, 2.05) is 0 Å². The van der Waals surface area contributed by atoms with E-state index in [1.165, 1.54) is 18.4 Å². The van der Waals surface area contributed by atoms with Crippen LogP contribution in [0.1, 0.15) is 20.1 Å². The Morgan fingerprint density at radius 1 is 1.46 bits per heavy atom. The number of thiophene rings is 1. The smallest absolute Gasteiger partial charge is 0.417 e. The summed E-state index contributed by atoms with van der Waals surface area (Å²) in [6.45, 7) is 1.13. The van der Waals surface area contributed by atoms with Crippen molar-refractivity contribution < 1.29 is 27.4 Å². The zero-order valence-corrected chi connectivity index (χ0v) is 13.4. The summed E-state index contributed by atoms with van der Waals surface area (Å²) in [5.41, 5.74) is -0.526. The molecule has 2 aromatic rings. The highest BCUT2D eigenvalue weighted by Gasteiger charge is 2.33. The van der Waals surface area contributed by atoms with E-state index in [9.17, 15) is 18.0 Å². The van der Waals surface area contributed by atoms with Crippen LogP contribution in [0.3, 0.4) is 0 Å². The molecule has 0 saturated heterocycles. The lowest BCUT2D eigenvalue weighted by Gasteiger charge is -2.30. The molecular formula is C15H13F3N2O3S. The summed E-state index contributed by atoms with van der Waals surface area (Å²) < 4.78 is 48.7. The van der Waals surface area contributed by atoms with Gasteiger partial charge in [-0.3, -0.25) is 0 Å². The number of ether oxygens (including phenoxy) is 2. The molecule has 0 saturated carbocycles. The van der Waals surface area contributed by atoms with Gasteiger partial charge in [-0.2, -0.15) is 13.2 Å². The van der Waals surface area contributed by atoms with Gasteiger partial charge in [0.15, 0.2) is 0 Å². The molecule has 0 unspecified atom stereocenters. The summed E-state index contributed by atoms with van der Waals surface area (Å²) in [6, 6.07) is 4.43. The van der Waals surface area contributed by atoms with Crippen LogP contribution in [0, 0.1) is 0 Å². The third-order valence-corrected chi connectivity index (χ3v) is 4.55. The second kappa shape index (κ2) is 6.31. The van der Waals surface area contributed by atoms with Crippen LogP contribution in [0.5, 0.6) is 5.88 Å². The lowest BCUT2D eigenvalue weighted by atomic mass is 10.2. The maximum Gasteiger partial charge on any atom is 0.417 e. The van der Waals surface area contributed by atoms with Gasteiger partial charge in [0, 0.05) is 11.1 Å². The van der Waals surface area contributed by atoms with Gasteiger partial charge in [0.25, 0.3) is 0 Å². The second-order valence-electron chi connectivity index (χ2n) is 5.07. The fourth-order valence-corrected chi connectivity index (χ4v) is 3.27. The summed E-state index contributed by atoms with van der Waals surface area (Å²) in [6.07, 6.45) is -3.70. The van der Waals surface area contributed by atoms with Gasteiger partial charge in [0.2, 0.25) is 5.88 Å². The lowest BCUT2D eigenvalue weighted by molar-refractivity contribution is -0.137. The maximum atomic E-state index is 12.9. The first-order valence-electron chi connectivity index (χ1n) is 7.00. The normalized spacial score (nSPS) is 14.1. The van der Waals surface area contributed by atoms with Crippen molar-refractivity contribution in [2.45, 2.75) is 12.7 Å². The Hall–Kier alpha value is -2.29. The molecule has 0 aromatic carbocycles. The molecule has 24 heavy (non-hydrogen) atoms. The number of rotatable bonds is 3. The van der Waals surface area contributed by atoms with Crippen molar-refractivity contribution in [3.05, 3.63) is 39.7 Å². The molecule has 0 spiro atoms. The van der Waals surface area contributed by atoms with Crippen LogP contribution in [-0.2, 0) is 17.5 Å². The molecule has 0 atom stereocenters. The van der Waals surface area contributed by atoms with E-state index in [-0.39, 0.29) is 5.88 Å². The molecule has 2 aromatic heterocycles. The number of halogens is 3. The van der Waals surface area contributed by atoms with Crippen LogP contribution >= 0.6 is 11.3 Å². The van der Waals surface area contributed by atoms with Crippen molar-refractivity contribution in [1.82, 2.24) is 4.98 Å². The number of anilines is 1. The number of nitrogens with zero attached hydrogens (tertiary/aromatic N) is 2. The molecule has 3 rings (SSSR count). The third kappa shape index (κ3) is 3.30. The van der Waals surface area contributed by atoms with Gasteiger partial charge in [0.05, 0.1) is 25.8 Å². The molecule has 1 aliphatic heterocycles. The molecular weight excluding hydrogens is 345 g/mol. The number of carbonyl (C=O) groups excluding carboxylic acids is 1. The molecule has 3 heterocycles. The number of pyridine rings is 1. The number of aromatic nitrogens is 1. The first-order chi connectivity index (χ1) is 11.4. The van der Waals surface area contributed by atoms with Gasteiger partial charge < -0.3 is 14.4 Å². The van der Waals surface area contributed by atoms with Gasteiger partial charge >= 0.3 is 12.1 Å². The van der Waals surface area contributed by atoms with E-state index in [0.717, 1.165) is 17.1 Å². The summed E-state index contributed by atoms with van der Waals surface area (Å²) >= 11 is 1.24. The van der Waals surface area contributed by atoms with Gasteiger partial charge in [-0.25, -0.2) is 9.78 Å². The average Bonchev–Trinajstić information content (AvgIpc) is 3.02. The quantitative estimate of drug-likeness (QED) is 0.788. The van der Waals surface area contributed by atoms with Crippen molar-refractivity contribution in [1.29, 1.82) is 0 Å². The van der Waals surface area contributed by atoms with E-state index >= 15 is 0 Å². The zero-order chi connectivity index (χ0) is 17.3. The fourth-order valence-electron chi connectivity index (χ4n) is 2.33. The Balaban J connectivity index is 1.86. The van der Waals surface area contributed by atoms with Crippen molar-refractivity contribution in [3.63, 3.8) is 0 Å². The second-order valence-corrected chi connectivity index (χ2v) is 6.24. The summed E-state index contributed by atoms with van der Waals surface area (Å²) in [4.78, 5) is 18.3. The molecule has 0 radical (unpaired) electrons. The Morgan fingerprint density at radius 3 is 2.96 bits per heavy atom.